The van der Waals surface area contributed by atoms with Gasteiger partial charge in [0.2, 0.25) is 0 Å². The monoisotopic (exact) mass is 444 g/mol. The molecule has 0 aliphatic carbocycles. The van der Waals surface area contributed by atoms with Crippen LogP contribution in [-0.2, 0) is 6.54 Å². The first-order chi connectivity index (χ1) is 15.2. The van der Waals surface area contributed by atoms with Gasteiger partial charge in [-0.3, -0.25) is 15.0 Å². The molecule has 1 fully saturated rings. The number of benzene rings is 1. The fourth-order valence-electron chi connectivity index (χ4n) is 4.75. The predicted molar refractivity (Wildman–Crippen MR) is 114 cm³/mol. The van der Waals surface area contributed by atoms with Crippen LogP contribution >= 0.6 is 0 Å². The number of urea groups is 1. The molecule has 0 unspecified atom stereocenters. The van der Waals surface area contributed by atoms with Gasteiger partial charge in [-0.1, -0.05) is 0 Å². The molecule has 3 aromatic rings. The van der Waals surface area contributed by atoms with E-state index in [-0.39, 0.29) is 18.6 Å². The molecular weight excluding hydrogens is 421 g/mol. The maximum absolute atomic E-state index is 12.7. The Balaban J connectivity index is 1.44. The van der Waals surface area contributed by atoms with Crippen molar-refractivity contribution in [2.45, 2.75) is 39.0 Å². The third-order valence-corrected chi connectivity index (χ3v) is 6.08. The van der Waals surface area contributed by atoms with Crippen molar-refractivity contribution in [3.63, 3.8) is 0 Å². The van der Waals surface area contributed by atoms with Gasteiger partial charge in [0.15, 0.2) is 0 Å². The summed E-state index contributed by atoms with van der Waals surface area (Å²) in [5, 5.41) is 11.3. The minimum Gasteiger partial charge on any atom is -0.316 e. The molecule has 0 saturated carbocycles. The fourth-order valence-corrected chi connectivity index (χ4v) is 4.75. The van der Waals surface area contributed by atoms with Crippen LogP contribution in [0.25, 0.3) is 22.2 Å². The molecule has 32 heavy (non-hydrogen) atoms. The van der Waals surface area contributed by atoms with Crippen molar-refractivity contribution in [3.05, 3.63) is 41.2 Å². The normalized spacial score (nSPS) is 19.5. The van der Waals surface area contributed by atoms with Crippen LogP contribution in [-0.4, -0.2) is 62.9 Å². The number of H-pyrrole nitrogens is 1. The van der Waals surface area contributed by atoms with Crippen LogP contribution in [0.4, 0.5) is 23.7 Å². The van der Waals surface area contributed by atoms with Gasteiger partial charge in [-0.2, -0.15) is 18.3 Å². The van der Waals surface area contributed by atoms with Crippen LogP contribution in [0.5, 0.6) is 0 Å². The Kier molecular flexibility index (Phi) is 4.85. The standard InChI is InChI=1S/C22H23F3N6O/c1-12-5-14(6-13(2)26-12)20-17-7-15-9-31(16-3-4-30(10-16)11-22(23,24)25)21(32)27-18(15)8-19(17)28-29-20/h5-8,16H,3-4,9-11H2,1-2H3,(H,27,32)(H,28,29)/t16-/m0/s1. The molecule has 1 saturated heterocycles. The summed E-state index contributed by atoms with van der Waals surface area (Å²) in [6.07, 6.45) is -3.72. The highest BCUT2D eigenvalue weighted by Crippen LogP contribution is 2.35. The van der Waals surface area contributed by atoms with E-state index in [1.807, 2.05) is 38.1 Å². The number of fused-ring (bicyclic) bond motifs is 2. The lowest BCUT2D eigenvalue weighted by atomic mass is 10.0. The van der Waals surface area contributed by atoms with E-state index in [1.165, 1.54) is 4.90 Å². The smallest absolute Gasteiger partial charge is 0.316 e. The average molecular weight is 444 g/mol. The number of anilines is 1. The highest BCUT2D eigenvalue weighted by molar-refractivity contribution is 6.00. The number of nitrogens with one attached hydrogen (secondary N) is 2. The lowest BCUT2D eigenvalue weighted by Crippen LogP contribution is -2.46. The molecule has 0 spiro atoms. The van der Waals surface area contributed by atoms with E-state index in [2.05, 4.69) is 20.5 Å². The SMILES string of the molecule is Cc1cc(-c2n[nH]c3cc4c(cc23)CN([C@H]2CCN(CC(F)(F)F)C2)C(=O)N4)cc(C)n1. The zero-order valence-corrected chi connectivity index (χ0v) is 17.8. The Labute approximate surface area is 182 Å². The van der Waals surface area contributed by atoms with Crippen molar-refractivity contribution in [1.29, 1.82) is 0 Å². The number of rotatable bonds is 3. The Bertz CT molecular complexity index is 1180. The number of nitrogens with zero attached hydrogens (tertiary/aromatic N) is 4. The molecule has 2 aromatic heterocycles. The molecule has 1 atom stereocenters. The number of hydrogen-bond acceptors (Lipinski definition) is 4. The Morgan fingerprint density at radius 3 is 2.62 bits per heavy atom. The van der Waals surface area contributed by atoms with Gasteiger partial charge < -0.3 is 10.2 Å². The summed E-state index contributed by atoms with van der Waals surface area (Å²) >= 11 is 0. The topological polar surface area (TPSA) is 77.2 Å². The molecule has 7 nitrogen and oxygen atoms in total. The van der Waals surface area contributed by atoms with Crippen molar-refractivity contribution < 1.29 is 18.0 Å². The van der Waals surface area contributed by atoms with Crippen LogP contribution in [0, 0.1) is 13.8 Å². The van der Waals surface area contributed by atoms with Gasteiger partial charge in [0, 0.05) is 53.7 Å². The summed E-state index contributed by atoms with van der Waals surface area (Å²) in [5.74, 6) is 0. The number of hydrogen-bond donors (Lipinski definition) is 2. The Hall–Kier alpha value is -3.14. The summed E-state index contributed by atoms with van der Waals surface area (Å²) in [5.41, 5.74) is 5.97. The minimum absolute atomic E-state index is 0.219. The van der Waals surface area contributed by atoms with E-state index in [0.717, 1.165) is 39.1 Å². The number of carbonyl (C=O) groups is 1. The van der Waals surface area contributed by atoms with Gasteiger partial charge in [0.05, 0.1) is 12.1 Å². The Morgan fingerprint density at radius 2 is 1.91 bits per heavy atom. The summed E-state index contributed by atoms with van der Waals surface area (Å²) in [6, 6.07) is 7.28. The molecule has 168 valence electrons. The Morgan fingerprint density at radius 1 is 1.16 bits per heavy atom. The molecule has 2 N–H and O–H groups in total. The molecule has 1 aromatic carbocycles. The van der Waals surface area contributed by atoms with Crippen LogP contribution in [0.1, 0.15) is 23.4 Å². The second-order valence-electron chi connectivity index (χ2n) is 8.62. The number of aryl methyl sites for hydroxylation is 2. The average Bonchev–Trinajstić information content (AvgIpc) is 3.30. The number of amides is 2. The molecule has 2 amide bonds. The molecule has 4 heterocycles. The summed E-state index contributed by atoms with van der Waals surface area (Å²) in [4.78, 5) is 20.1. The maximum atomic E-state index is 12.7. The number of alkyl halides is 3. The van der Waals surface area contributed by atoms with Crippen LogP contribution < -0.4 is 5.32 Å². The van der Waals surface area contributed by atoms with E-state index in [0.29, 0.717) is 25.2 Å². The number of likely N-dealkylation sites (tertiary alicyclic amines) is 1. The lowest BCUT2D eigenvalue weighted by molar-refractivity contribution is -0.143. The largest absolute Gasteiger partial charge is 0.401 e. The second-order valence-corrected chi connectivity index (χ2v) is 8.62. The summed E-state index contributed by atoms with van der Waals surface area (Å²) in [6.45, 7) is 3.82. The fraction of sp³-hybridized carbons (Fsp3) is 0.409. The van der Waals surface area contributed by atoms with Gasteiger partial charge in [0.25, 0.3) is 0 Å². The van der Waals surface area contributed by atoms with Crippen molar-refractivity contribution in [3.8, 4) is 11.3 Å². The molecule has 2 aliphatic heterocycles. The number of pyridine rings is 1. The third-order valence-electron chi connectivity index (χ3n) is 6.08. The van der Waals surface area contributed by atoms with E-state index >= 15 is 0 Å². The van der Waals surface area contributed by atoms with Crippen molar-refractivity contribution >= 4 is 22.6 Å². The van der Waals surface area contributed by atoms with Gasteiger partial charge in [-0.15, -0.1) is 0 Å². The highest BCUT2D eigenvalue weighted by Gasteiger charge is 2.38. The number of carbonyl (C=O) groups excluding carboxylic acids is 1. The second kappa shape index (κ2) is 7.47. The molecule has 2 aliphatic rings. The third kappa shape index (κ3) is 3.90. The molecule has 5 rings (SSSR count). The van der Waals surface area contributed by atoms with Crippen LogP contribution in [0.3, 0.4) is 0 Å². The van der Waals surface area contributed by atoms with E-state index < -0.39 is 12.7 Å². The summed E-state index contributed by atoms with van der Waals surface area (Å²) in [7, 11) is 0. The van der Waals surface area contributed by atoms with E-state index in [1.54, 1.807) is 4.90 Å². The first kappa shape index (κ1) is 20.7. The highest BCUT2D eigenvalue weighted by atomic mass is 19.4. The van der Waals surface area contributed by atoms with Crippen molar-refractivity contribution in [1.82, 2.24) is 25.0 Å². The van der Waals surface area contributed by atoms with Crippen molar-refractivity contribution in [2.24, 2.45) is 0 Å². The van der Waals surface area contributed by atoms with E-state index in [4.69, 9.17) is 0 Å². The maximum Gasteiger partial charge on any atom is 0.401 e. The first-order valence-electron chi connectivity index (χ1n) is 10.5. The van der Waals surface area contributed by atoms with Crippen molar-refractivity contribution in [2.75, 3.05) is 25.0 Å². The number of aromatic nitrogens is 3. The molecule has 10 heteroatoms. The van der Waals surface area contributed by atoms with Gasteiger partial charge in [-0.05, 0) is 50.1 Å². The molecule has 0 radical (unpaired) electrons. The van der Waals surface area contributed by atoms with Crippen LogP contribution in [0.2, 0.25) is 0 Å². The van der Waals surface area contributed by atoms with Crippen LogP contribution in [0.15, 0.2) is 24.3 Å². The van der Waals surface area contributed by atoms with Gasteiger partial charge in [-0.25, -0.2) is 4.79 Å². The number of aromatic amines is 1. The molecular formula is C22H23F3N6O. The van der Waals surface area contributed by atoms with Gasteiger partial charge in [0.1, 0.15) is 5.69 Å². The number of halogens is 3. The minimum atomic E-state index is -4.24. The zero-order chi connectivity index (χ0) is 22.6. The quantitative estimate of drug-likeness (QED) is 0.634. The van der Waals surface area contributed by atoms with E-state index in [9.17, 15) is 18.0 Å². The zero-order valence-electron chi connectivity index (χ0n) is 17.8. The summed E-state index contributed by atoms with van der Waals surface area (Å²) < 4.78 is 38.2. The first-order valence-corrected chi connectivity index (χ1v) is 10.5. The molecule has 0 bridgehead atoms. The lowest BCUT2D eigenvalue weighted by Gasteiger charge is -2.34. The van der Waals surface area contributed by atoms with Gasteiger partial charge >= 0.3 is 12.2 Å². The predicted octanol–water partition coefficient (Wildman–Crippen LogP) is 4.23.